The van der Waals surface area contributed by atoms with Gasteiger partial charge in [-0.1, -0.05) is 40.9 Å². The van der Waals surface area contributed by atoms with Crippen LogP contribution in [0.3, 0.4) is 0 Å². The molecule has 0 spiro atoms. The molecule has 1 N–H and O–H groups in total. The quantitative estimate of drug-likeness (QED) is 0.773. The molecule has 0 saturated carbocycles. The highest BCUT2D eigenvalue weighted by Crippen LogP contribution is 2.34. The summed E-state index contributed by atoms with van der Waals surface area (Å²) in [5, 5.41) is 11.0. The molecule has 2 aromatic rings. The number of phenolic OH excluding ortho intramolecular Hbond substituents is 1. The van der Waals surface area contributed by atoms with Crippen molar-refractivity contribution in [2.24, 2.45) is 0 Å². The Hall–Kier alpha value is -0.890. The number of benzene rings is 2. The van der Waals surface area contributed by atoms with Crippen LogP contribution >= 0.6 is 34.8 Å². The Morgan fingerprint density at radius 3 is 2.19 bits per heavy atom. The lowest BCUT2D eigenvalue weighted by Gasteiger charge is -2.06. The normalized spacial score (nSPS) is 10.4. The molecule has 0 bridgehead atoms. The summed E-state index contributed by atoms with van der Waals surface area (Å²) in [4.78, 5) is 0. The van der Waals surface area contributed by atoms with E-state index in [2.05, 4.69) is 0 Å². The first kappa shape index (κ1) is 11.6. The van der Waals surface area contributed by atoms with Crippen LogP contribution in [0.4, 0.5) is 0 Å². The number of hydrogen-bond acceptors (Lipinski definition) is 1. The van der Waals surface area contributed by atoms with Gasteiger partial charge in [-0.25, -0.2) is 0 Å². The summed E-state index contributed by atoms with van der Waals surface area (Å²) in [6.07, 6.45) is 0. The third kappa shape index (κ3) is 2.27. The zero-order chi connectivity index (χ0) is 11.7. The van der Waals surface area contributed by atoms with E-state index in [1.165, 1.54) is 0 Å². The molecule has 16 heavy (non-hydrogen) atoms. The molecule has 0 atom stereocenters. The predicted octanol–water partition coefficient (Wildman–Crippen LogP) is 5.02. The molecule has 0 aliphatic rings. The third-order valence-corrected chi connectivity index (χ3v) is 3.07. The van der Waals surface area contributed by atoms with Gasteiger partial charge in [0.15, 0.2) is 0 Å². The van der Waals surface area contributed by atoms with Crippen LogP contribution in [-0.4, -0.2) is 5.11 Å². The van der Waals surface area contributed by atoms with Crippen LogP contribution in [0.2, 0.25) is 15.1 Å². The van der Waals surface area contributed by atoms with Gasteiger partial charge in [0.2, 0.25) is 0 Å². The van der Waals surface area contributed by atoms with Crippen molar-refractivity contribution in [3.63, 3.8) is 0 Å². The molecule has 0 amide bonds. The average molecular weight is 274 g/mol. The fraction of sp³-hybridized carbons (Fsp3) is 0. The standard InChI is InChI=1S/C12H7Cl3O/c13-8-2-4-10(14)9(6-8)7-1-3-11(15)12(16)5-7/h1-6,16H. The van der Waals surface area contributed by atoms with E-state index in [1.54, 1.807) is 36.4 Å². The summed E-state index contributed by atoms with van der Waals surface area (Å²) in [7, 11) is 0. The fourth-order valence-electron chi connectivity index (χ4n) is 1.40. The van der Waals surface area contributed by atoms with Gasteiger partial charge in [-0.05, 0) is 35.9 Å². The number of rotatable bonds is 1. The summed E-state index contributed by atoms with van der Waals surface area (Å²) in [5.41, 5.74) is 1.54. The fourth-order valence-corrected chi connectivity index (χ4v) is 1.92. The zero-order valence-electron chi connectivity index (χ0n) is 8.05. The SMILES string of the molecule is Oc1cc(-c2cc(Cl)ccc2Cl)ccc1Cl. The Morgan fingerprint density at radius 2 is 1.50 bits per heavy atom. The van der Waals surface area contributed by atoms with Crippen LogP contribution in [-0.2, 0) is 0 Å². The van der Waals surface area contributed by atoms with E-state index in [-0.39, 0.29) is 5.75 Å². The number of halogens is 3. The molecular weight excluding hydrogens is 266 g/mol. The second-order valence-corrected chi connectivity index (χ2v) is 4.54. The van der Waals surface area contributed by atoms with Crippen molar-refractivity contribution in [3.8, 4) is 16.9 Å². The van der Waals surface area contributed by atoms with Crippen LogP contribution in [0.15, 0.2) is 36.4 Å². The van der Waals surface area contributed by atoms with Crippen molar-refractivity contribution in [1.29, 1.82) is 0 Å². The number of phenols is 1. The van der Waals surface area contributed by atoms with Gasteiger partial charge in [-0.2, -0.15) is 0 Å². The van der Waals surface area contributed by atoms with E-state index < -0.39 is 0 Å². The van der Waals surface area contributed by atoms with Crippen LogP contribution in [0.1, 0.15) is 0 Å². The predicted molar refractivity (Wildman–Crippen MR) is 68.6 cm³/mol. The Kier molecular flexibility index (Phi) is 3.29. The van der Waals surface area contributed by atoms with Crippen molar-refractivity contribution in [1.82, 2.24) is 0 Å². The van der Waals surface area contributed by atoms with Crippen LogP contribution in [0.5, 0.6) is 5.75 Å². The number of hydrogen-bond donors (Lipinski definition) is 1. The highest BCUT2D eigenvalue weighted by atomic mass is 35.5. The summed E-state index contributed by atoms with van der Waals surface area (Å²) in [5.74, 6) is 0.0233. The van der Waals surface area contributed by atoms with E-state index >= 15 is 0 Å². The lowest BCUT2D eigenvalue weighted by atomic mass is 10.1. The van der Waals surface area contributed by atoms with Gasteiger partial charge in [0.05, 0.1) is 5.02 Å². The van der Waals surface area contributed by atoms with Crippen LogP contribution < -0.4 is 0 Å². The first-order chi connectivity index (χ1) is 7.58. The largest absolute Gasteiger partial charge is 0.506 e. The summed E-state index contributed by atoms with van der Waals surface area (Å²) >= 11 is 17.7. The first-order valence-electron chi connectivity index (χ1n) is 4.52. The van der Waals surface area contributed by atoms with Gasteiger partial charge in [-0.3, -0.25) is 0 Å². The number of aromatic hydroxyl groups is 1. The molecule has 2 aromatic carbocycles. The van der Waals surface area contributed by atoms with Crippen molar-refractivity contribution in [2.45, 2.75) is 0 Å². The summed E-state index contributed by atoms with van der Waals surface area (Å²) < 4.78 is 0. The molecular formula is C12H7Cl3O. The third-order valence-electron chi connectivity index (χ3n) is 2.19. The van der Waals surface area contributed by atoms with E-state index in [1.807, 2.05) is 0 Å². The van der Waals surface area contributed by atoms with Gasteiger partial charge >= 0.3 is 0 Å². The maximum Gasteiger partial charge on any atom is 0.134 e. The minimum absolute atomic E-state index is 0.0233. The second kappa shape index (κ2) is 4.54. The topological polar surface area (TPSA) is 20.2 Å². The van der Waals surface area contributed by atoms with Crippen LogP contribution in [0.25, 0.3) is 11.1 Å². The van der Waals surface area contributed by atoms with Crippen molar-refractivity contribution in [2.75, 3.05) is 0 Å². The maximum atomic E-state index is 9.51. The van der Waals surface area contributed by atoms with Gasteiger partial charge in [0, 0.05) is 15.6 Å². The molecule has 82 valence electrons. The van der Waals surface area contributed by atoms with E-state index in [0.29, 0.717) is 15.1 Å². The van der Waals surface area contributed by atoms with Crippen molar-refractivity contribution >= 4 is 34.8 Å². The Bertz CT molecular complexity index is 538. The minimum Gasteiger partial charge on any atom is -0.506 e. The minimum atomic E-state index is 0.0233. The maximum absolute atomic E-state index is 9.51. The van der Waals surface area contributed by atoms with Gasteiger partial charge in [0.25, 0.3) is 0 Å². The molecule has 4 heteroatoms. The molecule has 0 aromatic heterocycles. The molecule has 0 aliphatic heterocycles. The lowest BCUT2D eigenvalue weighted by molar-refractivity contribution is 0.476. The second-order valence-electron chi connectivity index (χ2n) is 3.29. The summed E-state index contributed by atoms with van der Waals surface area (Å²) in [6, 6.07) is 10.1. The van der Waals surface area contributed by atoms with E-state index in [9.17, 15) is 5.11 Å². The molecule has 1 nitrogen and oxygen atoms in total. The molecule has 0 saturated heterocycles. The molecule has 0 unspecified atom stereocenters. The van der Waals surface area contributed by atoms with E-state index in [4.69, 9.17) is 34.8 Å². The highest BCUT2D eigenvalue weighted by Gasteiger charge is 2.06. The summed E-state index contributed by atoms with van der Waals surface area (Å²) in [6.45, 7) is 0. The zero-order valence-corrected chi connectivity index (χ0v) is 10.3. The Labute approximate surface area is 108 Å². The van der Waals surface area contributed by atoms with E-state index in [0.717, 1.165) is 11.1 Å². The average Bonchev–Trinajstić information content (AvgIpc) is 2.26. The van der Waals surface area contributed by atoms with Crippen LogP contribution in [0, 0.1) is 0 Å². The van der Waals surface area contributed by atoms with Gasteiger partial charge in [0.1, 0.15) is 5.75 Å². The van der Waals surface area contributed by atoms with Crippen molar-refractivity contribution < 1.29 is 5.11 Å². The van der Waals surface area contributed by atoms with Gasteiger partial charge in [-0.15, -0.1) is 0 Å². The monoisotopic (exact) mass is 272 g/mol. The molecule has 0 radical (unpaired) electrons. The molecule has 0 heterocycles. The molecule has 0 aliphatic carbocycles. The molecule has 2 rings (SSSR count). The smallest absolute Gasteiger partial charge is 0.134 e. The first-order valence-corrected chi connectivity index (χ1v) is 5.65. The van der Waals surface area contributed by atoms with Crippen molar-refractivity contribution in [3.05, 3.63) is 51.5 Å². The molecule has 0 fully saturated rings. The highest BCUT2D eigenvalue weighted by molar-refractivity contribution is 6.35. The lowest BCUT2D eigenvalue weighted by Crippen LogP contribution is -1.80. The Balaban J connectivity index is 2.58. The Morgan fingerprint density at radius 1 is 0.812 bits per heavy atom. The van der Waals surface area contributed by atoms with Gasteiger partial charge < -0.3 is 5.11 Å².